The van der Waals surface area contributed by atoms with E-state index in [2.05, 4.69) is 13.8 Å². The molecule has 42 heavy (non-hydrogen) atoms. The Morgan fingerprint density at radius 3 is 2.45 bits per heavy atom. The smallest absolute Gasteiger partial charge is 0.341 e. The third-order valence-electron chi connectivity index (χ3n) is 6.81. The Hall–Kier alpha value is -4.76. The van der Waals surface area contributed by atoms with Crippen LogP contribution < -0.4 is 19.6 Å². The van der Waals surface area contributed by atoms with E-state index >= 15 is 0 Å². The van der Waals surface area contributed by atoms with Crippen LogP contribution in [0.4, 0.5) is 0 Å². The van der Waals surface area contributed by atoms with Crippen LogP contribution in [0.15, 0.2) is 94.2 Å². The zero-order valence-corrected chi connectivity index (χ0v) is 24.3. The Bertz CT molecular complexity index is 1840. The van der Waals surface area contributed by atoms with Crippen molar-refractivity contribution in [3.8, 4) is 5.75 Å². The van der Waals surface area contributed by atoms with E-state index in [-0.39, 0.29) is 12.2 Å². The summed E-state index contributed by atoms with van der Waals surface area (Å²) in [6.45, 7) is 5.67. The molecule has 2 heterocycles. The normalized spacial score (nSPS) is 14.9. The van der Waals surface area contributed by atoms with Crippen LogP contribution in [0, 0.1) is 0 Å². The second-order valence-corrected chi connectivity index (χ2v) is 11.0. The van der Waals surface area contributed by atoms with Gasteiger partial charge >= 0.3 is 11.9 Å². The van der Waals surface area contributed by atoms with E-state index < -0.39 is 24.6 Å². The molecule has 1 aliphatic heterocycles. The van der Waals surface area contributed by atoms with Crippen LogP contribution in [0.3, 0.4) is 0 Å². The number of carboxylic acid groups (broad SMARTS) is 1. The predicted molar refractivity (Wildman–Crippen MR) is 161 cm³/mol. The maximum absolute atomic E-state index is 14.0. The largest absolute Gasteiger partial charge is 0.482 e. The van der Waals surface area contributed by atoms with E-state index in [9.17, 15) is 14.4 Å². The maximum atomic E-state index is 14.0. The van der Waals surface area contributed by atoms with Crippen LogP contribution in [0.2, 0.25) is 0 Å². The Labute approximate surface area is 246 Å². The summed E-state index contributed by atoms with van der Waals surface area (Å²) in [7, 11) is 0. The highest BCUT2D eigenvalue weighted by molar-refractivity contribution is 7.07. The molecule has 0 fully saturated rings. The number of carboxylic acids is 1. The number of carbonyl (C=O) groups excluding carboxylic acids is 1. The molecule has 0 spiro atoms. The van der Waals surface area contributed by atoms with Crippen molar-refractivity contribution in [1.82, 2.24) is 4.57 Å². The number of carbonyl (C=O) groups is 2. The van der Waals surface area contributed by atoms with E-state index in [0.29, 0.717) is 37.8 Å². The second kappa shape index (κ2) is 12.4. The van der Waals surface area contributed by atoms with Crippen molar-refractivity contribution in [1.29, 1.82) is 0 Å². The molecule has 3 aromatic carbocycles. The van der Waals surface area contributed by atoms with E-state index in [1.165, 1.54) is 11.3 Å². The molecule has 214 valence electrons. The zero-order valence-electron chi connectivity index (χ0n) is 23.4. The number of rotatable bonds is 9. The molecule has 0 saturated heterocycles. The average Bonchev–Trinajstić information content (AvgIpc) is 3.30. The van der Waals surface area contributed by atoms with Crippen LogP contribution in [-0.4, -0.2) is 34.8 Å². The van der Waals surface area contributed by atoms with Gasteiger partial charge in [0.1, 0.15) is 5.75 Å². The van der Waals surface area contributed by atoms with Crippen LogP contribution >= 0.6 is 11.3 Å². The molecule has 0 aliphatic carbocycles. The Morgan fingerprint density at radius 2 is 1.79 bits per heavy atom. The van der Waals surface area contributed by atoms with Gasteiger partial charge < -0.3 is 14.6 Å². The summed E-state index contributed by atoms with van der Waals surface area (Å²) in [5.74, 6) is -0.924. The summed E-state index contributed by atoms with van der Waals surface area (Å²) in [5, 5.41) is 8.95. The number of benzene rings is 3. The lowest BCUT2D eigenvalue weighted by molar-refractivity contribution is -0.140. The molecule has 1 N–H and O–H groups in total. The van der Waals surface area contributed by atoms with Gasteiger partial charge in [0.05, 0.1) is 28.5 Å². The third kappa shape index (κ3) is 5.96. The molecule has 0 amide bonds. The molecule has 1 atom stereocenters. The van der Waals surface area contributed by atoms with Crippen LogP contribution in [0.1, 0.15) is 55.0 Å². The zero-order chi connectivity index (χ0) is 29.8. The van der Waals surface area contributed by atoms with Crippen LogP contribution in [-0.2, 0) is 14.3 Å². The van der Waals surface area contributed by atoms with E-state index in [4.69, 9.17) is 19.6 Å². The van der Waals surface area contributed by atoms with Crippen molar-refractivity contribution < 1.29 is 24.2 Å². The Kier molecular flexibility index (Phi) is 8.49. The number of hydrogen-bond acceptors (Lipinski definition) is 7. The number of fused-ring (bicyclic) bond motifs is 1. The number of aliphatic carboxylic acids is 1. The van der Waals surface area contributed by atoms with E-state index in [1.54, 1.807) is 41.8 Å². The molecule has 0 unspecified atom stereocenters. The maximum Gasteiger partial charge on any atom is 0.341 e. The van der Waals surface area contributed by atoms with Gasteiger partial charge in [-0.15, -0.1) is 0 Å². The minimum absolute atomic E-state index is 0.175. The van der Waals surface area contributed by atoms with Gasteiger partial charge in [0.25, 0.3) is 5.56 Å². The minimum Gasteiger partial charge on any atom is -0.482 e. The lowest BCUT2D eigenvalue weighted by atomic mass is 9.91. The molecular formula is C33H30N2O6S. The molecule has 0 bridgehead atoms. The molecule has 1 aromatic heterocycles. The van der Waals surface area contributed by atoms with Crippen LogP contribution in [0.25, 0.3) is 11.8 Å². The first-order valence-electron chi connectivity index (χ1n) is 13.6. The summed E-state index contributed by atoms with van der Waals surface area (Å²) in [6.07, 6.45) is 1.71. The van der Waals surface area contributed by atoms with Gasteiger partial charge in [0, 0.05) is 5.56 Å². The first-order valence-corrected chi connectivity index (χ1v) is 14.4. The highest BCUT2D eigenvalue weighted by Gasteiger charge is 2.35. The van der Waals surface area contributed by atoms with E-state index in [1.807, 2.05) is 54.6 Å². The Balaban J connectivity index is 1.74. The van der Waals surface area contributed by atoms with E-state index in [0.717, 1.165) is 16.7 Å². The van der Waals surface area contributed by atoms with Crippen molar-refractivity contribution in [3.05, 3.63) is 126 Å². The van der Waals surface area contributed by atoms with Crippen molar-refractivity contribution >= 4 is 35.0 Å². The van der Waals surface area contributed by atoms with Gasteiger partial charge in [-0.2, -0.15) is 0 Å². The summed E-state index contributed by atoms with van der Waals surface area (Å²) in [4.78, 5) is 43.9. The van der Waals surface area contributed by atoms with Gasteiger partial charge in [-0.1, -0.05) is 91.9 Å². The fourth-order valence-corrected chi connectivity index (χ4v) is 5.81. The first-order chi connectivity index (χ1) is 20.3. The van der Waals surface area contributed by atoms with Crippen molar-refractivity contribution in [2.45, 2.75) is 32.7 Å². The summed E-state index contributed by atoms with van der Waals surface area (Å²) < 4.78 is 12.8. The quantitative estimate of drug-likeness (QED) is 0.291. The SMILES string of the molecule is CCOC(=O)C1=C(c2ccccc2)N=c2s/c(=C\c3cccc(OCC(=O)O)c3)c(=O)n2[C@@H]1c1ccc(C(C)C)cc1. The van der Waals surface area contributed by atoms with Crippen molar-refractivity contribution in [2.75, 3.05) is 13.2 Å². The number of thiazole rings is 1. The standard InChI is InChI=1S/C33H30N2O6S/c1-4-40-32(39)28-29(23-10-6-5-7-11-23)34-33-35(30(28)24-15-13-22(14-16-24)20(2)3)31(38)26(42-33)18-21-9-8-12-25(17-21)41-19-27(36)37/h5-18,20,30H,4,19H2,1-3H3,(H,36,37)/b26-18-/t30-/m1/s1. The monoisotopic (exact) mass is 582 g/mol. The molecule has 0 radical (unpaired) electrons. The third-order valence-corrected chi connectivity index (χ3v) is 7.79. The summed E-state index contributed by atoms with van der Waals surface area (Å²) in [5.41, 5.74) is 3.76. The van der Waals surface area contributed by atoms with Gasteiger partial charge in [-0.25, -0.2) is 14.6 Å². The molecule has 9 heteroatoms. The minimum atomic E-state index is -1.08. The summed E-state index contributed by atoms with van der Waals surface area (Å²) >= 11 is 1.22. The number of esters is 1. The molecule has 1 aliphatic rings. The topological polar surface area (TPSA) is 107 Å². The highest BCUT2D eigenvalue weighted by Crippen LogP contribution is 2.35. The van der Waals surface area contributed by atoms with Gasteiger partial charge in [-0.3, -0.25) is 9.36 Å². The highest BCUT2D eigenvalue weighted by atomic mass is 32.1. The number of nitrogens with zero attached hydrogens (tertiary/aromatic N) is 2. The van der Waals surface area contributed by atoms with Crippen molar-refractivity contribution in [2.24, 2.45) is 4.99 Å². The fourth-order valence-electron chi connectivity index (χ4n) is 4.81. The molecular weight excluding hydrogens is 552 g/mol. The lowest BCUT2D eigenvalue weighted by Gasteiger charge is -2.26. The molecule has 5 rings (SSSR count). The number of ether oxygens (including phenoxy) is 2. The predicted octanol–water partition coefficient (Wildman–Crippen LogP) is 4.52. The van der Waals surface area contributed by atoms with Gasteiger partial charge in [-0.05, 0) is 47.7 Å². The fraction of sp³-hybridized carbons (Fsp3) is 0.212. The van der Waals surface area contributed by atoms with Gasteiger partial charge in [0.15, 0.2) is 11.4 Å². The second-order valence-electron chi connectivity index (χ2n) is 10.0. The summed E-state index contributed by atoms with van der Waals surface area (Å²) in [6, 6.07) is 23.4. The number of hydrogen-bond donors (Lipinski definition) is 1. The van der Waals surface area contributed by atoms with Gasteiger partial charge in [0.2, 0.25) is 0 Å². The molecule has 8 nitrogen and oxygen atoms in total. The molecule has 4 aromatic rings. The first kappa shape index (κ1) is 28.8. The number of aromatic nitrogens is 1. The Morgan fingerprint density at radius 1 is 1.05 bits per heavy atom. The van der Waals surface area contributed by atoms with Crippen LogP contribution in [0.5, 0.6) is 5.75 Å². The van der Waals surface area contributed by atoms with Crippen molar-refractivity contribution in [3.63, 3.8) is 0 Å². The lowest BCUT2D eigenvalue weighted by Crippen LogP contribution is -2.40. The average molecular weight is 583 g/mol. The molecule has 0 saturated carbocycles.